The van der Waals surface area contributed by atoms with Crippen LogP contribution in [-0.2, 0) is 10.3 Å². The number of carbonyl (C=O) groups excluding carboxylic acids is 1. The predicted molar refractivity (Wildman–Crippen MR) is 121 cm³/mol. The number of likely N-dealkylation sites (tertiary alicyclic amines) is 1. The third-order valence-electron chi connectivity index (χ3n) is 6.48. The first-order chi connectivity index (χ1) is 14.7. The molecule has 0 aliphatic carbocycles. The van der Waals surface area contributed by atoms with Gasteiger partial charge in [0.05, 0.1) is 5.71 Å². The van der Waals surface area contributed by atoms with E-state index in [1.54, 1.807) is 18.2 Å². The Hall–Kier alpha value is -2.89. The highest BCUT2D eigenvalue weighted by atomic mass is 19.1. The second-order valence-electron chi connectivity index (χ2n) is 9.71. The van der Waals surface area contributed by atoms with E-state index in [1.165, 1.54) is 11.6 Å². The van der Waals surface area contributed by atoms with E-state index in [0.29, 0.717) is 37.2 Å². The zero-order valence-corrected chi connectivity index (χ0v) is 18.6. The van der Waals surface area contributed by atoms with Crippen LogP contribution in [-0.4, -0.2) is 35.3 Å². The molecular formula is C25H30FN3O2. The van der Waals surface area contributed by atoms with Crippen LogP contribution in [0.1, 0.15) is 51.7 Å². The monoisotopic (exact) mass is 423 g/mol. The highest BCUT2D eigenvalue weighted by Crippen LogP contribution is 2.40. The fraction of sp³-hybridized carbons (Fsp3) is 0.440. The lowest BCUT2D eigenvalue weighted by atomic mass is 9.78. The molecule has 0 saturated carbocycles. The SMILES string of the molecule is CC1CN(C(=O)Nc2ccc(C(C)(C)C)cc2)CCC12CC(c1ccccc1F)=NO2. The number of rotatable bonds is 2. The van der Waals surface area contributed by atoms with Crippen LogP contribution in [0.3, 0.4) is 0 Å². The summed E-state index contributed by atoms with van der Waals surface area (Å²) < 4.78 is 14.2. The van der Waals surface area contributed by atoms with Crippen molar-refractivity contribution in [3.63, 3.8) is 0 Å². The van der Waals surface area contributed by atoms with Gasteiger partial charge < -0.3 is 15.1 Å². The van der Waals surface area contributed by atoms with E-state index in [-0.39, 0.29) is 23.2 Å². The molecule has 0 radical (unpaired) electrons. The number of hydrogen-bond acceptors (Lipinski definition) is 3. The lowest BCUT2D eigenvalue weighted by Crippen LogP contribution is -2.53. The molecule has 1 saturated heterocycles. The van der Waals surface area contributed by atoms with Crippen LogP contribution >= 0.6 is 0 Å². The number of carbonyl (C=O) groups is 1. The van der Waals surface area contributed by atoms with Gasteiger partial charge in [0.25, 0.3) is 0 Å². The topological polar surface area (TPSA) is 53.9 Å². The molecule has 31 heavy (non-hydrogen) atoms. The van der Waals surface area contributed by atoms with E-state index < -0.39 is 5.60 Å². The molecule has 2 aromatic carbocycles. The Bertz CT molecular complexity index is 997. The van der Waals surface area contributed by atoms with E-state index in [4.69, 9.17) is 4.84 Å². The molecule has 2 aliphatic rings. The molecule has 2 amide bonds. The summed E-state index contributed by atoms with van der Waals surface area (Å²) in [6, 6.07) is 14.5. The molecule has 2 unspecified atom stereocenters. The normalized spacial score (nSPS) is 23.5. The zero-order valence-electron chi connectivity index (χ0n) is 18.6. The molecular weight excluding hydrogens is 393 g/mol. The molecule has 2 aromatic rings. The largest absolute Gasteiger partial charge is 0.388 e. The maximum absolute atomic E-state index is 14.2. The highest BCUT2D eigenvalue weighted by Gasteiger charge is 2.48. The third-order valence-corrected chi connectivity index (χ3v) is 6.48. The number of amides is 2. The van der Waals surface area contributed by atoms with Crippen molar-refractivity contribution < 1.29 is 14.0 Å². The number of halogens is 1. The fourth-order valence-electron chi connectivity index (χ4n) is 4.33. The van der Waals surface area contributed by atoms with Gasteiger partial charge in [-0.3, -0.25) is 0 Å². The number of nitrogens with one attached hydrogen (secondary N) is 1. The first-order valence-corrected chi connectivity index (χ1v) is 10.8. The summed E-state index contributed by atoms with van der Waals surface area (Å²) in [5.74, 6) is -0.216. The Balaban J connectivity index is 1.37. The minimum Gasteiger partial charge on any atom is -0.388 e. The van der Waals surface area contributed by atoms with Crippen molar-refractivity contribution in [3.05, 3.63) is 65.5 Å². The van der Waals surface area contributed by atoms with Crippen molar-refractivity contribution in [2.75, 3.05) is 18.4 Å². The summed E-state index contributed by atoms with van der Waals surface area (Å²) in [6.45, 7) is 9.69. The van der Waals surface area contributed by atoms with Gasteiger partial charge in [-0.1, -0.05) is 63.2 Å². The van der Waals surface area contributed by atoms with Crippen LogP contribution in [0.4, 0.5) is 14.9 Å². The summed E-state index contributed by atoms with van der Waals surface area (Å²) in [5, 5.41) is 7.22. The first kappa shape index (κ1) is 21.3. The molecule has 2 aliphatic heterocycles. The van der Waals surface area contributed by atoms with Crippen molar-refractivity contribution in [2.45, 2.75) is 51.6 Å². The zero-order chi connectivity index (χ0) is 22.2. The molecule has 2 atom stereocenters. The van der Waals surface area contributed by atoms with Crippen LogP contribution < -0.4 is 5.32 Å². The van der Waals surface area contributed by atoms with Gasteiger partial charge >= 0.3 is 6.03 Å². The second kappa shape index (κ2) is 7.98. The molecule has 0 aromatic heterocycles. The Morgan fingerprint density at radius 2 is 1.90 bits per heavy atom. The molecule has 4 rings (SSSR count). The number of oxime groups is 1. The fourth-order valence-corrected chi connectivity index (χ4v) is 4.33. The number of anilines is 1. The van der Waals surface area contributed by atoms with E-state index in [2.05, 4.69) is 50.3 Å². The molecule has 2 heterocycles. The summed E-state index contributed by atoms with van der Waals surface area (Å²) in [6.07, 6.45) is 1.21. The van der Waals surface area contributed by atoms with E-state index >= 15 is 0 Å². The maximum atomic E-state index is 14.2. The van der Waals surface area contributed by atoms with Gasteiger partial charge in [-0.2, -0.15) is 0 Å². The average Bonchev–Trinajstić information content (AvgIpc) is 3.15. The molecule has 1 fully saturated rings. The van der Waals surface area contributed by atoms with Gasteiger partial charge in [-0.25, -0.2) is 9.18 Å². The van der Waals surface area contributed by atoms with Crippen molar-refractivity contribution in [3.8, 4) is 0 Å². The first-order valence-electron chi connectivity index (χ1n) is 10.8. The molecule has 5 nitrogen and oxygen atoms in total. The third kappa shape index (κ3) is 4.29. The highest BCUT2D eigenvalue weighted by molar-refractivity contribution is 6.02. The predicted octanol–water partition coefficient (Wildman–Crippen LogP) is 5.56. The summed E-state index contributed by atoms with van der Waals surface area (Å²) in [4.78, 5) is 20.5. The minimum atomic E-state index is -0.483. The maximum Gasteiger partial charge on any atom is 0.321 e. The van der Waals surface area contributed by atoms with Crippen LogP contribution in [0.25, 0.3) is 0 Å². The van der Waals surface area contributed by atoms with Crippen molar-refractivity contribution in [2.24, 2.45) is 11.1 Å². The molecule has 1 spiro atoms. The van der Waals surface area contributed by atoms with Gasteiger partial charge in [0.1, 0.15) is 11.4 Å². The van der Waals surface area contributed by atoms with Crippen LogP contribution in [0.5, 0.6) is 0 Å². The quantitative estimate of drug-likeness (QED) is 0.687. The molecule has 0 bridgehead atoms. The van der Waals surface area contributed by atoms with Gasteiger partial charge in [0.2, 0.25) is 0 Å². The number of nitrogens with zero attached hydrogens (tertiary/aromatic N) is 2. The lowest BCUT2D eigenvalue weighted by Gasteiger charge is -2.42. The van der Waals surface area contributed by atoms with E-state index in [0.717, 1.165) is 5.69 Å². The van der Waals surface area contributed by atoms with Crippen molar-refractivity contribution in [1.29, 1.82) is 0 Å². The average molecular weight is 424 g/mol. The van der Waals surface area contributed by atoms with Gasteiger partial charge in [0.15, 0.2) is 0 Å². The summed E-state index contributed by atoms with van der Waals surface area (Å²) >= 11 is 0. The number of urea groups is 1. The van der Waals surface area contributed by atoms with E-state index in [1.807, 2.05) is 17.0 Å². The Morgan fingerprint density at radius 1 is 1.19 bits per heavy atom. The molecule has 1 N–H and O–H groups in total. The number of hydrogen-bond donors (Lipinski definition) is 1. The minimum absolute atomic E-state index is 0.0725. The number of benzene rings is 2. The van der Waals surface area contributed by atoms with Gasteiger partial charge in [0, 0.05) is 43.1 Å². The second-order valence-corrected chi connectivity index (χ2v) is 9.71. The standard InChI is InChI=1S/C25H30FN3O2/c1-17-16-29(23(30)27-19-11-9-18(10-12-19)24(2,3)4)14-13-25(17)15-22(28-31-25)20-7-5-6-8-21(20)26/h5-12,17H,13-16H2,1-4H3,(H,27,30). The summed E-state index contributed by atoms with van der Waals surface area (Å²) in [5.41, 5.74) is 2.73. The Kier molecular flexibility index (Phi) is 5.50. The molecule has 6 heteroatoms. The Labute approximate surface area is 183 Å². The lowest BCUT2D eigenvalue weighted by molar-refractivity contribution is -0.0905. The van der Waals surface area contributed by atoms with Gasteiger partial charge in [-0.05, 0) is 29.2 Å². The smallest absolute Gasteiger partial charge is 0.321 e. The number of piperidine rings is 1. The van der Waals surface area contributed by atoms with Crippen molar-refractivity contribution in [1.82, 2.24) is 4.90 Å². The van der Waals surface area contributed by atoms with Gasteiger partial charge in [-0.15, -0.1) is 0 Å². The van der Waals surface area contributed by atoms with E-state index in [9.17, 15) is 9.18 Å². The molecule has 164 valence electrons. The van der Waals surface area contributed by atoms with Crippen LogP contribution in [0.15, 0.2) is 53.7 Å². The van der Waals surface area contributed by atoms with Crippen LogP contribution in [0, 0.1) is 11.7 Å². The summed E-state index contributed by atoms with van der Waals surface area (Å²) in [7, 11) is 0. The van der Waals surface area contributed by atoms with Crippen LogP contribution in [0.2, 0.25) is 0 Å². The van der Waals surface area contributed by atoms with Crippen molar-refractivity contribution >= 4 is 17.4 Å². The Morgan fingerprint density at radius 3 is 2.55 bits per heavy atom.